The summed E-state index contributed by atoms with van der Waals surface area (Å²) >= 11 is 7.80. The third-order valence-corrected chi connectivity index (χ3v) is 7.09. The first-order valence-electron chi connectivity index (χ1n) is 11.4. The summed E-state index contributed by atoms with van der Waals surface area (Å²) in [6.07, 6.45) is 0. The van der Waals surface area contributed by atoms with E-state index in [-0.39, 0.29) is 11.8 Å². The molecule has 9 heteroatoms. The van der Waals surface area contributed by atoms with E-state index in [0.29, 0.717) is 27.4 Å². The Bertz CT molecular complexity index is 1390. The number of carbonyl (C=O) groups excluding carboxylic acids is 1. The number of hydrogen-bond donors (Lipinski definition) is 2. The molecule has 0 aliphatic rings. The molecule has 36 heavy (non-hydrogen) atoms. The van der Waals surface area contributed by atoms with Crippen molar-refractivity contribution in [3.05, 3.63) is 99.6 Å². The number of nitrogens with one attached hydrogen (secondary N) is 2. The van der Waals surface area contributed by atoms with Gasteiger partial charge in [0.1, 0.15) is 5.82 Å². The van der Waals surface area contributed by atoms with Gasteiger partial charge >= 0.3 is 6.03 Å². The number of amides is 2. The van der Waals surface area contributed by atoms with Gasteiger partial charge in [-0.05, 0) is 86.3 Å². The standard InChI is InChI=1S/C27H27ClFN5OS/c1-16-6-12-23(13-18(16)3)31-26(35)30-19(4)25-32-33-27(36-15-20-7-10-22(29)11-8-20)34(25)24-14-21(28)9-5-17(24)2/h5-14,19H,15H2,1-4H3,(H2,30,31,35). The number of rotatable bonds is 7. The Morgan fingerprint density at radius 2 is 1.72 bits per heavy atom. The van der Waals surface area contributed by atoms with E-state index in [9.17, 15) is 9.18 Å². The maximum Gasteiger partial charge on any atom is 0.319 e. The van der Waals surface area contributed by atoms with E-state index in [0.717, 1.165) is 27.9 Å². The largest absolute Gasteiger partial charge is 0.328 e. The minimum Gasteiger partial charge on any atom is -0.328 e. The van der Waals surface area contributed by atoms with Crippen molar-refractivity contribution in [3.63, 3.8) is 0 Å². The quantitative estimate of drug-likeness (QED) is 0.252. The van der Waals surface area contributed by atoms with Crippen LogP contribution in [0.25, 0.3) is 5.69 Å². The van der Waals surface area contributed by atoms with E-state index in [1.165, 1.54) is 23.9 Å². The van der Waals surface area contributed by atoms with Gasteiger partial charge in [-0.25, -0.2) is 9.18 Å². The number of hydrogen-bond acceptors (Lipinski definition) is 4. The molecule has 0 aliphatic carbocycles. The predicted molar refractivity (Wildman–Crippen MR) is 144 cm³/mol. The zero-order valence-corrected chi connectivity index (χ0v) is 22.0. The average Bonchev–Trinajstić information content (AvgIpc) is 3.26. The molecule has 1 atom stereocenters. The summed E-state index contributed by atoms with van der Waals surface area (Å²) < 4.78 is 15.2. The molecule has 1 aromatic heterocycles. The van der Waals surface area contributed by atoms with Crippen LogP contribution in [0.2, 0.25) is 5.02 Å². The Labute approximate surface area is 219 Å². The molecule has 186 valence electrons. The smallest absolute Gasteiger partial charge is 0.319 e. The van der Waals surface area contributed by atoms with Crippen LogP contribution in [0.15, 0.2) is 65.8 Å². The van der Waals surface area contributed by atoms with Crippen LogP contribution in [0, 0.1) is 26.6 Å². The summed E-state index contributed by atoms with van der Waals surface area (Å²) in [7, 11) is 0. The van der Waals surface area contributed by atoms with Gasteiger partial charge in [0.05, 0.1) is 11.7 Å². The van der Waals surface area contributed by atoms with Crippen molar-refractivity contribution >= 4 is 35.1 Å². The lowest BCUT2D eigenvalue weighted by Gasteiger charge is -2.18. The van der Waals surface area contributed by atoms with Crippen LogP contribution in [0.5, 0.6) is 0 Å². The van der Waals surface area contributed by atoms with Crippen molar-refractivity contribution in [2.24, 2.45) is 0 Å². The number of aromatic nitrogens is 3. The summed E-state index contributed by atoms with van der Waals surface area (Å²) in [6, 6.07) is 17.0. The van der Waals surface area contributed by atoms with E-state index < -0.39 is 6.04 Å². The van der Waals surface area contributed by atoms with Gasteiger partial charge in [0.25, 0.3) is 0 Å². The Balaban J connectivity index is 1.60. The van der Waals surface area contributed by atoms with E-state index in [4.69, 9.17) is 11.6 Å². The lowest BCUT2D eigenvalue weighted by molar-refractivity contribution is 0.249. The molecule has 1 unspecified atom stereocenters. The second-order valence-electron chi connectivity index (χ2n) is 8.64. The molecule has 6 nitrogen and oxygen atoms in total. The number of aryl methyl sites for hydroxylation is 3. The molecule has 0 fully saturated rings. The van der Waals surface area contributed by atoms with Crippen LogP contribution in [-0.4, -0.2) is 20.8 Å². The minimum absolute atomic E-state index is 0.275. The fourth-order valence-corrected chi connectivity index (χ4v) is 4.76. The Hall–Kier alpha value is -3.36. The summed E-state index contributed by atoms with van der Waals surface area (Å²) in [5, 5.41) is 15.9. The highest BCUT2D eigenvalue weighted by Crippen LogP contribution is 2.30. The zero-order valence-electron chi connectivity index (χ0n) is 20.5. The Kier molecular flexibility index (Phi) is 7.96. The van der Waals surface area contributed by atoms with Gasteiger partial charge in [0.15, 0.2) is 11.0 Å². The highest BCUT2D eigenvalue weighted by Gasteiger charge is 2.22. The molecule has 1 heterocycles. The third-order valence-electron chi connectivity index (χ3n) is 5.85. The summed E-state index contributed by atoms with van der Waals surface area (Å²) in [5.41, 5.74) is 5.73. The van der Waals surface area contributed by atoms with Crippen LogP contribution >= 0.6 is 23.4 Å². The van der Waals surface area contributed by atoms with Crippen molar-refractivity contribution in [2.45, 2.75) is 44.6 Å². The summed E-state index contributed by atoms with van der Waals surface area (Å²) in [6.45, 7) is 7.86. The fourth-order valence-electron chi connectivity index (χ4n) is 3.68. The van der Waals surface area contributed by atoms with Crippen LogP contribution in [0.4, 0.5) is 14.9 Å². The van der Waals surface area contributed by atoms with Crippen molar-refractivity contribution in [3.8, 4) is 5.69 Å². The molecule has 0 saturated heterocycles. The predicted octanol–water partition coefficient (Wildman–Crippen LogP) is 7.16. The molecule has 4 aromatic rings. The van der Waals surface area contributed by atoms with Gasteiger partial charge in [0.2, 0.25) is 0 Å². The third kappa shape index (κ3) is 6.06. The highest BCUT2D eigenvalue weighted by atomic mass is 35.5. The van der Waals surface area contributed by atoms with Crippen LogP contribution in [0.1, 0.15) is 41.0 Å². The first-order valence-corrected chi connectivity index (χ1v) is 12.8. The molecule has 2 N–H and O–H groups in total. The van der Waals surface area contributed by atoms with Gasteiger partial charge in [-0.15, -0.1) is 10.2 Å². The molecule has 4 rings (SSSR count). The normalized spacial score (nSPS) is 11.8. The number of thioether (sulfide) groups is 1. The van der Waals surface area contributed by atoms with E-state index >= 15 is 0 Å². The molecular weight excluding hydrogens is 497 g/mol. The Morgan fingerprint density at radius 3 is 2.44 bits per heavy atom. The average molecular weight is 524 g/mol. The molecule has 0 aliphatic heterocycles. The number of benzene rings is 3. The molecule has 0 bridgehead atoms. The lowest BCUT2D eigenvalue weighted by atomic mass is 10.1. The fraction of sp³-hybridized carbons (Fsp3) is 0.222. The van der Waals surface area contributed by atoms with E-state index in [1.807, 2.05) is 68.7 Å². The monoisotopic (exact) mass is 523 g/mol. The van der Waals surface area contributed by atoms with E-state index in [2.05, 4.69) is 20.8 Å². The molecule has 3 aromatic carbocycles. The Morgan fingerprint density at radius 1 is 1.00 bits per heavy atom. The van der Waals surface area contributed by atoms with Crippen LogP contribution < -0.4 is 10.6 Å². The SMILES string of the molecule is Cc1ccc(NC(=O)NC(C)c2nnc(SCc3ccc(F)cc3)n2-c2cc(Cl)ccc2C)cc1C. The first-order chi connectivity index (χ1) is 17.2. The maximum absolute atomic E-state index is 13.3. The second kappa shape index (κ2) is 11.1. The van der Waals surface area contributed by atoms with Gasteiger partial charge in [-0.1, -0.05) is 47.6 Å². The van der Waals surface area contributed by atoms with Crippen molar-refractivity contribution in [2.75, 3.05) is 5.32 Å². The minimum atomic E-state index is -0.456. The van der Waals surface area contributed by atoms with Gasteiger partial charge in [-0.2, -0.15) is 0 Å². The number of urea groups is 1. The number of carbonyl (C=O) groups is 1. The number of halogens is 2. The van der Waals surface area contributed by atoms with E-state index in [1.54, 1.807) is 12.1 Å². The first kappa shape index (κ1) is 25.7. The molecule has 2 amide bonds. The lowest BCUT2D eigenvalue weighted by Crippen LogP contribution is -2.32. The molecule has 0 saturated carbocycles. The van der Waals surface area contributed by atoms with Crippen molar-refractivity contribution in [1.82, 2.24) is 20.1 Å². The molecule has 0 radical (unpaired) electrons. The van der Waals surface area contributed by atoms with Gasteiger partial charge in [0, 0.05) is 16.5 Å². The van der Waals surface area contributed by atoms with Crippen LogP contribution in [0.3, 0.4) is 0 Å². The molecule has 0 spiro atoms. The molecular formula is C27H27ClFN5OS. The zero-order chi connectivity index (χ0) is 25.8. The maximum atomic E-state index is 13.3. The topological polar surface area (TPSA) is 71.8 Å². The van der Waals surface area contributed by atoms with Crippen LogP contribution in [-0.2, 0) is 5.75 Å². The highest BCUT2D eigenvalue weighted by molar-refractivity contribution is 7.98. The number of anilines is 1. The summed E-state index contributed by atoms with van der Waals surface area (Å²) in [4.78, 5) is 12.8. The van der Waals surface area contributed by atoms with Gasteiger partial charge < -0.3 is 10.6 Å². The van der Waals surface area contributed by atoms with Gasteiger partial charge in [-0.3, -0.25) is 4.57 Å². The summed E-state index contributed by atoms with van der Waals surface area (Å²) in [5.74, 6) is 0.868. The van der Waals surface area contributed by atoms with Crippen molar-refractivity contribution < 1.29 is 9.18 Å². The number of nitrogens with zero attached hydrogens (tertiary/aromatic N) is 3. The van der Waals surface area contributed by atoms with Crippen molar-refractivity contribution in [1.29, 1.82) is 0 Å². The second-order valence-corrected chi connectivity index (χ2v) is 10.0.